The molecule has 0 spiro atoms. The molecule has 0 radical (unpaired) electrons. The number of pyridine rings is 1. The van der Waals surface area contributed by atoms with Gasteiger partial charge in [0.15, 0.2) is 0 Å². The zero-order chi connectivity index (χ0) is 18.6. The number of rotatable bonds is 5. The van der Waals surface area contributed by atoms with Gasteiger partial charge in [0.25, 0.3) is 0 Å². The molecule has 0 fully saturated rings. The summed E-state index contributed by atoms with van der Waals surface area (Å²) in [7, 11) is 0. The predicted molar refractivity (Wildman–Crippen MR) is 103 cm³/mol. The van der Waals surface area contributed by atoms with E-state index in [2.05, 4.69) is 16.4 Å². The minimum Gasteiger partial charge on any atom is -0.326 e. The van der Waals surface area contributed by atoms with Gasteiger partial charge in [-0.05, 0) is 56.9 Å². The van der Waals surface area contributed by atoms with Crippen molar-refractivity contribution in [1.82, 2.24) is 4.98 Å². The van der Waals surface area contributed by atoms with Crippen molar-refractivity contribution in [3.63, 3.8) is 0 Å². The van der Waals surface area contributed by atoms with Crippen LogP contribution in [0, 0.1) is 45.9 Å². The van der Waals surface area contributed by atoms with Gasteiger partial charge in [0.2, 0.25) is 5.91 Å². The van der Waals surface area contributed by atoms with Crippen LogP contribution in [0.5, 0.6) is 0 Å². The van der Waals surface area contributed by atoms with Crippen LogP contribution < -0.4 is 5.32 Å². The Bertz CT molecular complexity index is 833. The number of carbonyl (C=O) groups is 1. The number of nitrogens with one attached hydrogen (secondary N) is 1. The highest BCUT2D eigenvalue weighted by Gasteiger charge is 2.14. The summed E-state index contributed by atoms with van der Waals surface area (Å²) in [5, 5.41) is 13.1. The van der Waals surface area contributed by atoms with Gasteiger partial charge in [-0.3, -0.25) is 4.79 Å². The van der Waals surface area contributed by atoms with E-state index in [9.17, 15) is 10.1 Å². The van der Waals surface area contributed by atoms with Crippen molar-refractivity contribution in [2.75, 3.05) is 11.1 Å². The van der Waals surface area contributed by atoms with Gasteiger partial charge in [-0.25, -0.2) is 4.98 Å². The number of para-hydroxylation sites is 1. The first-order valence-electron chi connectivity index (χ1n) is 8.22. The van der Waals surface area contributed by atoms with Gasteiger partial charge in [0.05, 0.1) is 5.56 Å². The van der Waals surface area contributed by atoms with Crippen molar-refractivity contribution in [3.8, 4) is 6.07 Å². The van der Waals surface area contributed by atoms with Crippen LogP contribution in [-0.4, -0.2) is 16.6 Å². The minimum atomic E-state index is -0.0241. The standard InChI is InChI=1S/C20H23N3OS/c1-12-7-6-8-13(2)19(12)23-18(24)9-10-25-20-17(11-21)15(4)14(3)16(5)22-20/h6-8H,9-10H2,1-5H3,(H,23,24). The Morgan fingerprint density at radius 2 is 1.80 bits per heavy atom. The van der Waals surface area contributed by atoms with Crippen molar-refractivity contribution in [3.05, 3.63) is 51.7 Å². The number of amides is 1. The van der Waals surface area contributed by atoms with E-state index < -0.39 is 0 Å². The van der Waals surface area contributed by atoms with E-state index in [0.29, 0.717) is 22.8 Å². The molecule has 1 aromatic carbocycles. The Hall–Kier alpha value is -2.32. The summed E-state index contributed by atoms with van der Waals surface area (Å²) in [6, 6.07) is 8.19. The number of hydrogen-bond acceptors (Lipinski definition) is 4. The second-order valence-corrected chi connectivity index (χ2v) is 7.24. The maximum Gasteiger partial charge on any atom is 0.225 e. The van der Waals surface area contributed by atoms with E-state index >= 15 is 0 Å². The molecule has 0 unspecified atom stereocenters. The molecule has 130 valence electrons. The fraction of sp³-hybridized carbons (Fsp3) is 0.350. The molecule has 0 saturated heterocycles. The number of benzene rings is 1. The maximum atomic E-state index is 12.2. The van der Waals surface area contributed by atoms with Gasteiger partial charge in [0.1, 0.15) is 11.1 Å². The van der Waals surface area contributed by atoms with Gasteiger partial charge < -0.3 is 5.32 Å². The first-order chi connectivity index (χ1) is 11.8. The van der Waals surface area contributed by atoms with Crippen molar-refractivity contribution >= 4 is 23.4 Å². The largest absolute Gasteiger partial charge is 0.326 e. The first-order valence-corrected chi connectivity index (χ1v) is 9.20. The van der Waals surface area contributed by atoms with E-state index in [-0.39, 0.29) is 5.91 Å². The third-order valence-electron chi connectivity index (χ3n) is 4.39. The van der Waals surface area contributed by atoms with Gasteiger partial charge in [0, 0.05) is 23.6 Å². The van der Waals surface area contributed by atoms with Crippen LogP contribution in [0.3, 0.4) is 0 Å². The molecule has 1 aromatic heterocycles. The summed E-state index contributed by atoms with van der Waals surface area (Å²) in [5.74, 6) is 0.560. The third-order valence-corrected chi connectivity index (χ3v) is 5.37. The number of thioether (sulfide) groups is 1. The molecule has 1 heterocycles. The SMILES string of the molecule is Cc1cccc(C)c1NC(=O)CCSc1nc(C)c(C)c(C)c1C#N. The van der Waals surface area contributed by atoms with Crippen LogP contribution in [-0.2, 0) is 4.79 Å². The summed E-state index contributed by atoms with van der Waals surface area (Å²) >= 11 is 1.46. The van der Waals surface area contributed by atoms with Crippen LogP contribution in [0.4, 0.5) is 5.69 Å². The van der Waals surface area contributed by atoms with E-state index in [1.165, 1.54) is 11.8 Å². The molecular weight excluding hydrogens is 330 g/mol. The maximum absolute atomic E-state index is 12.2. The molecule has 0 atom stereocenters. The molecule has 1 N–H and O–H groups in total. The average Bonchev–Trinajstić information content (AvgIpc) is 2.56. The van der Waals surface area contributed by atoms with Crippen LogP contribution in [0.1, 0.15) is 39.9 Å². The van der Waals surface area contributed by atoms with Crippen LogP contribution in [0.15, 0.2) is 23.2 Å². The first kappa shape index (κ1) is 19.0. The molecule has 0 aliphatic heterocycles. The van der Waals surface area contributed by atoms with Crippen molar-refractivity contribution in [2.24, 2.45) is 0 Å². The lowest BCUT2D eigenvalue weighted by atomic mass is 10.1. The second kappa shape index (κ2) is 8.17. The van der Waals surface area contributed by atoms with E-state index in [1.54, 1.807) is 0 Å². The molecule has 2 aromatic rings. The number of aromatic nitrogens is 1. The molecule has 4 nitrogen and oxygen atoms in total. The summed E-state index contributed by atoms with van der Waals surface area (Å²) in [5.41, 5.74) is 6.56. The molecule has 0 aliphatic carbocycles. The highest BCUT2D eigenvalue weighted by molar-refractivity contribution is 7.99. The Morgan fingerprint density at radius 3 is 2.40 bits per heavy atom. The number of nitrogens with zero attached hydrogens (tertiary/aromatic N) is 2. The zero-order valence-electron chi connectivity index (χ0n) is 15.4. The quantitative estimate of drug-likeness (QED) is 0.797. The number of anilines is 1. The smallest absolute Gasteiger partial charge is 0.225 e. The molecule has 25 heavy (non-hydrogen) atoms. The topological polar surface area (TPSA) is 65.8 Å². The fourth-order valence-electron chi connectivity index (χ4n) is 2.60. The molecule has 0 aliphatic rings. The van der Waals surface area contributed by atoms with Crippen molar-refractivity contribution in [1.29, 1.82) is 5.26 Å². The lowest BCUT2D eigenvalue weighted by Crippen LogP contribution is -2.14. The van der Waals surface area contributed by atoms with Gasteiger partial charge >= 0.3 is 0 Å². The number of carbonyl (C=O) groups excluding carboxylic acids is 1. The molecular formula is C20H23N3OS. The van der Waals surface area contributed by atoms with E-state index in [1.807, 2.05) is 52.8 Å². The highest BCUT2D eigenvalue weighted by Crippen LogP contribution is 2.27. The fourth-order valence-corrected chi connectivity index (χ4v) is 3.63. The normalized spacial score (nSPS) is 10.4. The monoisotopic (exact) mass is 353 g/mol. The number of nitriles is 1. The summed E-state index contributed by atoms with van der Waals surface area (Å²) in [6.07, 6.45) is 0.372. The molecule has 0 saturated carbocycles. The summed E-state index contributed by atoms with van der Waals surface area (Å²) in [4.78, 5) is 16.8. The predicted octanol–water partition coefficient (Wildman–Crippen LogP) is 4.62. The molecule has 2 rings (SSSR count). The second-order valence-electron chi connectivity index (χ2n) is 6.15. The van der Waals surface area contributed by atoms with Crippen molar-refractivity contribution in [2.45, 2.75) is 46.1 Å². The molecule has 5 heteroatoms. The zero-order valence-corrected chi connectivity index (χ0v) is 16.2. The highest BCUT2D eigenvalue weighted by atomic mass is 32.2. The lowest BCUT2D eigenvalue weighted by molar-refractivity contribution is -0.115. The molecule has 1 amide bonds. The van der Waals surface area contributed by atoms with E-state index in [4.69, 9.17) is 0 Å². The van der Waals surface area contributed by atoms with Gasteiger partial charge in [-0.2, -0.15) is 5.26 Å². The Morgan fingerprint density at radius 1 is 1.16 bits per heavy atom. The van der Waals surface area contributed by atoms with Gasteiger partial charge in [-0.1, -0.05) is 18.2 Å². The lowest BCUT2D eigenvalue weighted by Gasteiger charge is -2.12. The Balaban J connectivity index is 2.02. The molecule has 0 bridgehead atoms. The van der Waals surface area contributed by atoms with Crippen LogP contribution in [0.25, 0.3) is 0 Å². The summed E-state index contributed by atoms with van der Waals surface area (Å²) < 4.78 is 0. The number of hydrogen-bond donors (Lipinski definition) is 1. The number of aryl methyl sites for hydroxylation is 3. The van der Waals surface area contributed by atoms with Gasteiger partial charge in [-0.15, -0.1) is 11.8 Å². The Labute approximate surface area is 153 Å². The van der Waals surface area contributed by atoms with Crippen LogP contribution in [0.2, 0.25) is 0 Å². The average molecular weight is 353 g/mol. The minimum absolute atomic E-state index is 0.0241. The third kappa shape index (κ3) is 4.40. The van der Waals surface area contributed by atoms with Crippen molar-refractivity contribution < 1.29 is 4.79 Å². The van der Waals surface area contributed by atoms with Crippen LogP contribution >= 0.6 is 11.8 Å². The Kier molecular flexibility index (Phi) is 6.22. The summed E-state index contributed by atoms with van der Waals surface area (Å²) in [6.45, 7) is 9.84. The van der Waals surface area contributed by atoms with E-state index in [0.717, 1.165) is 33.6 Å².